The van der Waals surface area contributed by atoms with Gasteiger partial charge in [-0.05, 0) is 42.6 Å². The van der Waals surface area contributed by atoms with Gasteiger partial charge in [0.05, 0.1) is 19.0 Å². The molecule has 0 aliphatic carbocycles. The standard InChI is InChI=1S/C25H31N3O3S/c29-23-19-32-25(28(23)14-11-20-5-2-1-3-6-20)22-9-7-21(8-10-22)24(30)26-12-4-13-27-15-17-31-18-16-27/h1-3,5-10,25H,4,11-19H2,(H,26,30)/t25-/m1/s1. The number of thioether (sulfide) groups is 1. The summed E-state index contributed by atoms with van der Waals surface area (Å²) in [4.78, 5) is 29.3. The predicted octanol–water partition coefficient (Wildman–Crippen LogP) is 2.96. The van der Waals surface area contributed by atoms with E-state index in [-0.39, 0.29) is 17.2 Å². The van der Waals surface area contributed by atoms with E-state index in [2.05, 4.69) is 22.3 Å². The second kappa shape index (κ2) is 11.5. The molecule has 1 atom stereocenters. The maximum Gasteiger partial charge on any atom is 0.251 e. The molecule has 7 heteroatoms. The number of amides is 2. The van der Waals surface area contributed by atoms with Gasteiger partial charge in [-0.1, -0.05) is 42.5 Å². The molecule has 2 fully saturated rings. The number of carbonyl (C=O) groups is 2. The van der Waals surface area contributed by atoms with Crippen LogP contribution in [0.25, 0.3) is 0 Å². The molecule has 6 nitrogen and oxygen atoms in total. The molecule has 0 aromatic heterocycles. The van der Waals surface area contributed by atoms with Crippen LogP contribution >= 0.6 is 11.8 Å². The normalized spacial score (nSPS) is 19.3. The van der Waals surface area contributed by atoms with Gasteiger partial charge in [-0.25, -0.2) is 0 Å². The van der Waals surface area contributed by atoms with E-state index in [1.807, 2.05) is 47.4 Å². The van der Waals surface area contributed by atoms with Crippen molar-refractivity contribution in [2.45, 2.75) is 18.2 Å². The number of hydrogen-bond donors (Lipinski definition) is 1. The third-order valence-electron chi connectivity index (χ3n) is 5.95. The van der Waals surface area contributed by atoms with Crippen molar-refractivity contribution < 1.29 is 14.3 Å². The van der Waals surface area contributed by atoms with Gasteiger partial charge in [-0.3, -0.25) is 14.5 Å². The summed E-state index contributed by atoms with van der Waals surface area (Å²) in [5, 5.41) is 3.03. The third kappa shape index (κ3) is 6.12. The van der Waals surface area contributed by atoms with Crippen molar-refractivity contribution in [1.82, 2.24) is 15.1 Å². The Kier molecular flexibility index (Phi) is 8.20. The minimum Gasteiger partial charge on any atom is -0.379 e. The average molecular weight is 454 g/mol. The van der Waals surface area contributed by atoms with Gasteiger partial charge in [0.15, 0.2) is 0 Å². The molecule has 2 aliphatic rings. The van der Waals surface area contributed by atoms with Crippen LogP contribution < -0.4 is 5.32 Å². The largest absolute Gasteiger partial charge is 0.379 e. The number of rotatable bonds is 9. The highest BCUT2D eigenvalue weighted by Gasteiger charge is 2.32. The van der Waals surface area contributed by atoms with Gasteiger partial charge in [0, 0.05) is 31.7 Å². The summed E-state index contributed by atoms with van der Waals surface area (Å²) in [5.41, 5.74) is 2.96. The molecular weight excluding hydrogens is 422 g/mol. The van der Waals surface area contributed by atoms with E-state index < -0.39 is 0 Å². The minimum absolute atomic E-state index is 0.0110. The lowest BCUT2D eigenvalue weighted by molar-refractivity contribution is -0.128. The maximum absolute atomic E-state index is 12.5. The van der Waals surface area contributed by atoms with E-state index in [4.69, 9.17) is 4.74 Å². The van der Waals surface area contributed by atoms with E-state index in [1.165, 1.54) is 5.56 Å². The molecule has 2 amide bonds. The number of nitrogens with zero attached hydrogens (tertiary/aromatic N) is 2. The lowest BCUT2D eigenvalue weighted by Gasteiger charge is -2.26. The van der Waals surface area contributed by atoms with Gasteiger partial charge >= 0.3 is 0 Å². The monoisotopic (exact) mass is 453 g/mol. The van der Waals surface area contributed by atoms with Crippen LogP contribution in [0.4, 0.5) is 0 Å². The van der Waals surface area contributed by atoms with Crippen LogP contribution in [0.15, 0.2) is 54.6 Å². The van der Waals surface area contributed by atoms with Crippen molar-refractivity contribution in [2.75, 3.05) is 51.7 Å². The molecule has 4 rings (SSSR count). The molecule has 0 saturated carbocycles. The lowest BCUT2D eigenvalue weighted by atomic mass is 10.1. The van der Waals surface area contributed by atoms with Crippen LogP contribution in [0, 0.1) is 0 Å². The van der Waals surface area contributed by atoms with Crippen LogP contribution in [0.1, 0.15) is 33.3 Å². The van der Waals surface area contributed by atoms with E-state index in [1.54, 1.807) is 11.8 Å². The first kappa shape index (κ1) is 22.8. The Morgan fingerprint density at radius 3 is 2.53 bits per heavy atom. The van der Waals surface area contributed by atoms with Gasteiger partial charge in [-0.2, -0.15) is 0 Å². The predicted molar refractivity (Wildman–Crippen MR) is 128 cm³/mol. The van der Waals surface area contributed by atoms with E-state index >= 15 is 0 Å². The molecule has 2 aromatic carbocycles. The Labute approximate surface area is 194 Å². The molecule has 0 unspecified atom stereocenters. The zero-order valence-electron chi connectivity index (χ0n) is 18.4. The minimum atomic E-state index is -0.0467. The van der Waals surface area contributed by atoms with Crippen LogP contribution in [0.3, 0.4) is 0 Å². The number of ether oxygens (including phenoxy) is 1. The fraction of sp³-hybridized carbons (Fsp3) is 0.440. The molecular formula is C25H31N3O3S. The smallest absolute Gasteiger partial charge is 0.251 e. The van der Waals surface area contributed by atoms with Crippen molar-refractivity contribution >= 4 is 23.6 Å². The Bertz CT molecular complexity index is 885. The fourth-order valence-electron chi connectivity index (χ4n) is 4.10. The summed E-state index contributed by atoms with van der Waals surface area (Å²) in [6.45, 7) is 5.89. The molecule has 1 N–H and O–H groups in total. The second-order valence-electron chi connectivity index (χ2n) is 8.17. The molecule has 0 spiro atoms. The first-order valence-corrected chi connectivity index (χ1v) is 12.4. The Balaban J connectivity index is 1.27. The molecule has 170 valence electrons. The van der Waals surface area contributed by atoms with Crippen molar-refractivity contribution in [3.63, 3.8) is 0 Å². The number of carbonyl (C=O) groups excluding carboxylic acids is 2. The molecule has 0 bridgehead atoms. The summed E-state index contributed by atoms with van der Waals surface area (Å²) < 4.78 is 5.36. The van der Waals surface area contributed by atoms with Crippen LogP contribution in [-0.2, 0) is 16.0 Å². The second-order valence-corrected chi connectivity index (χ2v) is 9.24. The molecule has 2 heterocycles. The highest BCUT2D eigenvalue weighted by Crippen LogP contribution is 2.38. The van der Waals surface area contributed by atoms with Crippen LogP contribution in [-0.4, -0.2) is 73.3 Å². The fourth-order valence-corrected chi connectivity index (χ4v) is 5.32. The highest BCUT2D eigenvalue weighted by molar-refractivity contribution is 8.00. The van der Waals surface area contributed by atoms with Crippen molar-refractivity contribution in [2.24, 2.45) is 0 Å². The summed E-state index contributed by atoms with van der Waals surface area (Å²) >= 11 is 1.65. The highest BCUT2D eigenvalue weighted by atomic mass is 32.2. The van der Waals surface area contributed by atoms with E-state index in [9.17, 15) is 9.59 Å². The van der Waals surface area contributed by atoms with Gasteiger partial charge < -0.3 is 15.0 Å². The SMILES string of the molecule is O=C(NCCCN1CCOCC1)c1ccc([C@H]2SCC(=O)N2CCc2ccccc2)cc1. The summed E-state index contributed by atoms with van der Waals surface area (Å²) in [7, 11) is 0. The number of hydrogen-bond acceptors (Lipinski definition) is 5. The quantitative estimate of drug-likeness (QED) is 0.592. The molecule has 2 aliphatic heterocycles. The first-order chi connectivity index (χ1) is 15.7. The summed E-state index contributed by atoms with van der Waals surface area (Å²) in [6, 6.07) is 17.9. The Morgan fingerprint density at radius 1 is 1.03 bits per heavy atom. The van der Waals surface area contributed by atoms with Crippen molar-refractivity contribution in [1.29, 1.82) is 0 Å². The van der Waals surface area contributed by atoms with Crippen molar-refractivity contribution in [3.05, 3.63) is 71.3 Å². The van der Waals surface area contributed by atoms with E-state index in [0.717, 1.165) is 51.3 Å². The van der Waals surface area contributed by atoms with Crippen LogP contribution in [0.5, 0.6) is 0 Å². The number of benzene rings is 2. The van der Waals surface area contributed by atoms with E-state index in [0.29, 0.717) is 24.4 Å². The number of nitrogens with one attached hydrogen (secondary N) is 1. The topological polar surface area (TPSA) is 61.9 Å². The van der Waals surface area contributed by atoms with Gasteiger partial charge in [-0.15, -0.1) is 11.8 Å². The molecule has 32 heavy (non-hydrogen) atoms. The van der Waals surface area contributed by atoms with Crippen LogP contribution in [0.2, 0.25) is 0 Å². The lowest BCUT2D eigenvalue weighted by Crippen LogP contribution is -2.38. The maximum atomic E-state index is 12.5. The van der Waals surface area contributed by atoms with Crippen molar-refractivity contribution in [3.8, 4) is 0 Å². The summed E-state index contributed by atoms with van der Waals surface area (Å²) in [5.74, 6) is 0.637. The first-order valence-electron chi connectivity index (χ1n) is 11.3. The van der Waals surface area contributed by atoms with Gasteiger partial charge in [0.25, 0.3) is 5.91 Å². The molecule has 2 aromatic rings. The molecule has 0 radical (unpaired) electrons. The average Bonchev–Trinajstić information content (AvgIpc) is 3.22. The van der Waals surface area contributed by atoms with Gasteiger partial charge in [0.1, 0.15) is 5.37 Å². The molecule has 2 saturated heterocycles. The zero-order valence-corrected chi connectivity index (χ0v) is 19.2. The van der Waals surface area contributed by atoms with Gasteiger partial charge in [0.2, 0.25) is 5.91 Å². The number of morpholine rings is 1. The summed E-state index contributed by atoms with van der Waals surface area (Å²) in [6.07, 6.45) is 1.77. The zero-order chi connectivity index (χ0) is 22.2. The Hall–Kier alpha value is -2.35. The Morgan fingerprint density at radius 2 is 1.78 bits per heavy atom. The third-order valence-corrected chi connectivity index (χ3v) is 7.21.